The van der Waals surface area contributed by atoms with Gasteiger partial charge in [-0.1, -0.05) is 0 Å². The molecule has 1 fully saturated rings. The predicted molar refractivity (Wildman–Crippen MR) is 72.3 cm³/mol. The fourth-order valence-electron chi connectivity index (χ4n) is 2.47. The topological polar surface area (TPSA) is 45.4 Å². The van der Waals surface area contributed by atoms with Gasteiger partial charge in [0, 0.05) is 25.3 Å². The maximum atomic E-state index is 5.98. The van der Waals surface area contributed by atoms with Crippen molar-refractivity contribution < 1.29 is 0 Å². The summed E-state index contributed by atoms with van der Waals surface area (Å²) in [5.74, 6) is 0.908. The molecule has 2 N–H and O–H groups in total. The third-order valence-corrected chi connectivity index (χ3v) is 3.56. The Balaban J connectivity index is 2.08. The van der Waals surface area contributed by atoms with E-state index in [1.165, 1.54) is 19.4 Å². The quantitative estimate of drug-likeness (QED) is 0.861. The second-order valence-electron chi connectivity index (χ2n) is 5.02. The van der Waals surface area contributed by atoms with Crippen molar-refractivity contribution in [3.63, 3.8) is 0 Å². The summed E-state index contributed by atoms with van der Waals surface area (Å²) in [5, 5.41) is 0. The van der Waals surface area contributed by atoms with Gasteiger partial charge in [0.1, 0.15) is 0 Å². The van der Waals surface area contributed by atoms with E-state index in [-0.39, 0.29) is 0 Å². The predicted octanol–water partition coefficient (Wildman–Crippen LogP) is 1.50. The van der Waals surface area contributed by atoms with Crippen molar-refractivity contribution in [3.8, 4) is 0 Å². The van der Waals surface area contributed by atoms with Gasteiger partial charge in [-0.15, -0.1) is 0 Å². The van der Waals surface area contributed by atoms with Gasteiger partial charge in [-0.3, -0.25) is 0 Å². The van der Waals surface area contributed by atoms with Gasteiger partial charge in [0.2, 0.25) is 0 Å². The van der Waals surface area contributed by atoms with E-state index in [2.05, 4.69) is 28.9 Å². The molecule has 1 aliphatic rings. The van der Waals surface area contributed by atoms with E-state index in [1.807, 2.05) is 19.1 Å². The van der Waals surface area contributed by atoms with Gasteiger partial charge in [-0.25, -0.2) is 4.98 Å². The number of hydrogen-bond acceptors (Lipinski definition) is 4. The summed E-state index contributed by atoms with van der Waals surface area (Å²) in [7, 11) is 4.27. The third kappa shape index (κ3) is 2.69. The second kappa shape index (κ2) is 4.92. The Morgan fingerprint density at radius 3 is 2.94 bits per heavy atom. The number of aryl methyl sites for hydroxylation is 1. The van der Waals surface area contributed by atoms with Crippen LogP contribution in [-0.4, -0.2) is 43.1 Å². The van der Waals surface area contributed by atoms with Crippen LogP contribution in [0.4, 0.5) is 11.5 Å². The third-order valence-electron chi connectivity index (χ3n) is 3.56. The van der Waals surface area contributed by atoms with E-state index in [0.717, 1.165) is 23.7 Å². The Labute approximate surface area is 103 Å². The molecule has 0 saturated carbocycles. The van der Waals surface area contributed by atoms with E-state index in [1.54, 1.807) is 0 Å². The lowest BCUT2D eigenvalue weighted by Gasteiger charge is -2.27. The number of nitrogen functional groups attached to an aromatic ring is 1. The lowest BCUT2D eigenvalue weighted by Crippen LogP contribution is -2.37. The van der Waals surface area contributed by atoms with Gasteiger partial charge in [-0.05, 0) is 45.5 Å². The molecule has 0 bridgehead atoms. The van der Waals surface area contributed by atoms with Crippen LogP contribution in [0.1, 0.15) is 18.5 Å². The van der Waals surface area contributed by atoms with Crippen LogP contribution in [-0.2, 0) is 0 Å². The van der Waals surface area contributed by atoms with Crippen molar-refractivity contribution in [3.05, 3.63) is 17.8 Å². The van der Waals surface area contributed by atoms with E-state index in [4.69, 9.17) is 5.73 Å². The highest BCUT2D eigenvalue weighted by Gasteiger charge is 2.23. The Morgan fingerprint density at radius 2 is 2.29 bits per heavy atom. The maximum Gasteiger partial charge on any atom is 0.151 e. The number of nitrogens with two attached hydrogens (primary N) is 1. The number of nitrogens with zero attached hydrogens (tertiary/aromatic N) is 3. The first-order valence-electron chi connectivity index (χ1n) is 6.22. The van der Waals surface area contributed by atoms with Crippen molar-refractivity contribution in [1.82, 2.24) is 9.88 Å². The molecule has 1 aliphatic heterocycles. The zero-order chi connectivity index (χ0) is 12.4. The first kappa shape index (κ1) is 12.2. The smallest absolute Gasteiger partial charge is 0.151 e. The Kier molecular flexibility index (Phi) is 3.52. The minimum atomic E-state index is 0.627. The van der Waals surface area contributed by atoms with Crippen molar-refractivity contribution in [2.75, 3.05) is 37.8 Å². The monoisotopic (exact) mass is 234 g/mol. The lowest BCUT2D eigenvalue weighted by molar-refractivity contribution is 0.314. The van der Waals surface area contributed by atoms with Crippen LogP contribution < -0.4 is 10.6 Å². The normalized spacial score (nSPS) is 20.8. The summed E-state index contributed by atoms with van der Waals surface area (Å²) in [6.45, 7) is 4.20. The van der Waals surface area contributed by atoms with E-state index in [9.17, 15) is 0 Å². The average Bonchev–Trinajstić information content (AvgIpc) is 2.68. The Bertz CT molecular complexity index is 391. The molecule has 1 atom stereocenters. The minimum Gasteiger partial charge on any atom is -0.396 e. The zero-order valence-electron chi connectivity index (χ0n) is 11.0. The molecule has 0 amide bonds. The van der Waals surface area contributed by atoms with Crippen LogP contribution in [0.3, 0.4) is 0 Å². The van der Waals surface area contributed by atoms with Gasteiger partial charge in [-0.2, -0.15) is 0 Å². The molecule has 1 aromatic rings. The van der Waals surface area contributed by atoms with Crippen LogP contribution in [0.25, 0.3) is 0 Å². The largest absolute Gasteiger partial charge is 0.396 e. The fourth-order valence-corrected chi connectivity index (χ4v) is 2.47. The van der Waals surface area contributed by atoms with E-state index < -0.39 is 0 Å². The molecule has 0 radical (unpaired) electrons. The molecule has 0 aromatic carbocycles. The zero-order valence-corrected chi connectivity index (χ0v) is 11.0. The van der Waals surface area contributed by atoms with E-state index in [0.29, 0.717) is 6.04 Å². The van der Waals surface area contributed by atoms with Crippen LogP contribution in [0, 0.1) is 6.92 Å². The highest BCUT2D eigenvalue weighted by molar-refractivity contribution is 5.62. The fraction of sp³-hybridized carbons (Fsp3) is 0.615. The number of anilines is 2. The number of pyridine rings is 1. The summed E-state index contributed by atoms with van der Waals surface area (Å²) < 4.78 is 0. The summed E-state index contributed by atoms with van der Waals surface area (Å²) >= 11 is 0. The van der Waals surface area contributed by atoms with Gasteiger partial charge >= 0.3 is 0 Å². The van der Waals surface area contributed by atoms with E-state index >= 15 is 0 Å². The van der Waals surface area contributed by atoms with Gasteiger partial charge < -0.3 is 15.5 Å². The van der Waals surface area contributed by atoms with Gasteiger partial charge in [0.25, 0.3) is 0 Å². The molecular weight excluding hydrogens is 212 g/mol. The summed E-state index contributed by atoms with van der Waals surface area (Å²) in [6.07, 6.45) is 2.57. The van der Waals surface area contributed by atoms with Gasteiger partial charge in [0.15, 0.2) is 5.82 Å². The summed E-state index contributed by atoms with van der Waals surface area (Å²) in [6, 6.07) is 4.52. The van der Waals surface area contributed by atoms with Crippen LogP contribution in [0.15, 0.2) is 12.1 Å². The number of aromatic nitrogens is 1. The molecule has 94 valence electrons. The standard InChI is InChI=1S/C13H22N4/c1-10-6-7-12(14)13(15-10)17(3)9-11-5-4-8-16(11)2/h6-7,11H,4-5,8-9,14H2,1-3H3. The highest BCUT2D eigenvalue weighted by Crippen LogP contribution is 2.22. The molecule has 4 nitrogen and oxygen atoms in total. The molecule has 1 unspecified atom stereocenters. The summed E-state index contributed by atoms with van der Waals surface area (Å²) in [5.41, 5.74) is 7.76. The van der Waals surface area contributed by atoms with Crippen LogP contribution in [0.5, 0.6) is 0 Å². The van der Waals surface area contributed by atoms with Crippen LogP contribution in [0.2, 0.25) is 0 Å². The molecule has 17 heavy (non-hydrogen) atoms. The van der Waals surface area contributed by atoms with Crippen molar-refractivity contribution in [1.29, 1.82) is 0 Å². The average molecular weight is 234 g/mol. The SMILES string of the molecule is Cc1ccc(N)c(N(C)CC2CCCN2C)n1. The highest BCUT2D eigenvalue weighted by atomic mass is 15.2. The van der Waals surface area contributed by atoms with Crippen molar-refractivity contribution in [2.24, 2.45) is 0 Å². The molecular formula is C13H22N4. The number of hydrogen-bond donors (Lipinski definition) is 1. The molecule has 0 aliphatic carbocycles. The molecule has 2 rings (SSSR count). The maximum absolute atomic E-state index is 5.98. The summed E-state index contributed by atoms with van der Waals surface area (Å²) in [4.78, 5) is 9.12. The molecule has 2 heterocycles. The molecule has 1 saturated heterocycles. The first-order valence-corrected chi connectivity index (χ1v) is 6.22. The van der Waals surface area contributed by atoms with Crippen LogP contribution >= 0.6 is 0 Å². The first-order chi connectivity index (χ1) is 8.08. The molecule has 0 spiro atoms. The van der Waals surface area contributed by atoms with Gasteiger partial charge in [0.05, 0.1) is 5.69 Å². The number of likely N-dealkylation sites (tertiary alicyclic amines) is 1. The van der Waals surface area contributed by atoms with Crippen molar-refractivity contribution >= 4 is 11.5 Å². The Morgan fingerprint density at radius 1 is 1.53 bits per heavy atom. The minimum absolute atomic E-state index is 0.627. The second-order valence-corrected chi connectivity index (χ2v) is 5.02. The lowest BCUT2D eigenvalue weighted by atomic mass is 10.2. The van der Waals surface area contributed by atoms with Crippen molar-refractivity contribution in [2.45, 2.75) is 25.8 Å². The molecule has 1 aromatic heterocycles. The number of likely N-dealkylation sites (N-methyl/N-ethyl adjacent to an activating group) is 2. The molecule has 4 heteroatoms. The Hall–Kier alpha value is -1.29. The number of rotatable bonds is 3.